The maximum absolute atomic E-state index is 12.7. The summed E-state index contributed by atoms with van der Waals surface area (Å²) < 4.78 is 15.0. The van der Waals surface area contributed by atoms with E-state index < -0.39 is 6.17 Å². The van der Waals surface area contributed by atoms with E-state index in [1.165, 1.54) is 0 Å². The first-order chi connectivity index (χ1) is 5.25. The molecule has 2 nitrogen and oxygen atoms in total. The normalized spacial score (nSPS) is 36.0. The van der Waals surface area contributed by atoms with E-state index in [1.807, 2.05) is 0 Å². The summed E-state index contributed by atoms with van der Waals surface area (Å²) in [5.41, 5.74) is 0. The lowest BCUT2D eigenvalue weighted by molar-refractivity contribution is 0.123. The molecular formula is C7H12FIN2. The van der Waals surface area contributed by atoms with E-state index in [2.05, 4.69) is 30.9 Å². The van der Waals surface area contributed by atoms with Gasteiger partial charge in [-0.1, -0.05) is 0 Å². The lowest BCUT2D eigenvalue weighted by Gasteiger charge is -2.40. The van der Waals surface area contributed by atoms with E-state index in [0.717, 1.165) is 26.1 Å². The first-order valence-electron chi connectivity index (χ1n) is 4.04. The second-order valence-electron chi connectivity index (χ2n) is 3.36. The molecule has 1 unspecified atom stereocenters. The van der Waals surface area contributed by atoms with E-state index in [-0.39, 0.29) is 0 Å². The van der Waals surface area contributed by atoms with Crippen molar-refractivity contribution < 1.29 is 4.39 Å². The number of rotatable bonds is 1. The van der Waals surface area contributed by atoms with E-state index in [1.54, 1.807) is 0 Å². The fourth-order valence-electron chi connectivity index (χ4n) is 1.71. The molecule has 0 aromatic heterocycles. The lowest BCUT2D eigenvalue weighted by Crippen LogP contribution is -2.54. The number of likely N-dealkylation sites (tertiary alicyclic amines) is 1. The fourth-order valence-corrected chi connectivity index (χ4v) is 2.62. The molecule has 0 aromatic carbocycles. The predicted octanol–water partition coefficient (Wildman–Crippen LogP) is 1.06. The molecule has 2 fully saturated rings. The van der Waals surface area contributed by atoms with Gasteiger partial charge >= 0.3 is 0 Å². The van der Waals surface area contributed by atoms with Crippen molar-refractivity contribution in [2.75, 3.05) is 26.2 Å². The van der Waals surface area contributed by atoms with Gasteiger partial charge in [-0.25, -0.2) is 7.50 Å². The molecule has 2 aliphatic rings. The average molecular weight is 270 g/mol. The summed E-state index contributed by atoms with van der Waals surface area (Å²) in [5.74, 6) is 0. The summed E-state index contributed by atoms with van der Waals surface area (Å²) >= 11 is 2.31. The summed E-state index contributed by atoms with van der Waals surface area (Å²) in [6.07, 6.45) is 0.191. The molecule has 0 spiro atoms. The van der Waals surface area contributed by atoms with Gasteiger partial charge in [-0.3, -0.25) is 4.90 Å². The van der Waals surface area contributed by atoms with Gasteiger partial charge in [-0.05, 0) is 6.42 Å². The number of hydrogen-bond acceptors (Lipinski definition) is 2. The number of halogens is 2. The Hall–Kier alpha value is 0.580. The molecule has 0 N–H and O–H groups in total. The Morgan fingerprint density at radius 3 is 2.45 bits per heavy atom. The molecule has 2 saturated heterocycles. The molecule has 11 heavy (non-hydrogen) atoms. The monoisotopic (exact) mass is 270 g/mol. The molecular weight excluding hydrogens is 258 g/mol. The van der Waals surface area contributed by atoms with Crippen molar-refractivity contribution in [3.8, 4) is 0 Å². The summed E-state index contributed by atoms with van der Waals surface area (Å²) in [6, 6.07) is 0.646. The third kappa shape index (κ3) is 1.67. The second kappa shape index (κ2) is 3.14. The molecule has 0 amide bonds. The van der Waals surface area contributed by atoms with Crippen LogP contribution in [0.25, 0.3) is 0 Å². The van der Waals surface area contributed by atoms with Gasteiger partial charge in [0.15, 0.2) is 0 Å². The summed E-state index contributed by atoms with van der Waals surface area (Å²) in [7, 11) is 0. The van der Waals surface area contributed by atoms with E-state index in [9.17, 15) is 4.39 Å². The van der Waals surface area contributed by atoms with Crippen molar-refractivity contribution in [1.29, 1.82) is 0 Å². The van der Waals surface area contributed by atoms with Gasteiger partial charge in [-0.2, -0.15) is 0 Å². The van der Waals surface area contributed by atoms with E-state index in [0.29, 0.717) is 12.6 Å². The maximum atomic E-state index is 12.7. The Bertz CT molecular complexity index is 149. The average Bonchev–Trinajstić information content (AvgIpc) is 2.29. The van der Waals surface area contributed by atoms with Crippen molar-refractivity contribution in [2.45, 2.75) is 18.6 Å². The SMILES string of the molecule is FC1CCN(C2CN(I)C2)C1. The van der Waals surface area contributed by atoms with Gasteiger partial charge in [0.2, 0.25) is 0 Å². The predicted molar refractivity (Wildman–Crippen MR) is 50.5 cm³/mol. The first-order valence-corrected chi connectivity index (χ1v) is 5.01. The number of nitrogens with zero attached hydrogens (tertiary/aromatic N) is 2. The van der Waals surface area contributed by atoms with Crippen molar-refractivity contribution in [2.24, 2.45) is 0 Å². The Morgan fingerprint density at radius 1 is 1.27 bits per heavy atom. The molecule has 64 valence electrons. The molecule has 1 atom stereocenters. The zero-order valence-electron chi connectivity index (χ0n) is 6.34. The highest BCUT2D eigenvalue weighted by molar-refractivity contribution is 14.1. The van der Waals surface area contributed by atoms with Gasteiger partial charge in [-0.15, -0.1) is 0 Å². The van der Waals surface area contributed by atoms with Crippen LogP contribution in [0.1, 0.15) is 6.42 Å². The van der Waals surface area contributed by atoms with Crippen LogP contribution in [0, 0.1) is 0 Å². The van der Waals surface area contributed by atoms with Crippen LogP contribution in [0.2, 0.25) is 0 Å². The highest BCUT2D eigenvalue weighted by Crippen LogP contribution is 2.23. The highest BCUT2D eigenvalue weighted by Gasteiger charge is 2.34. The molecule has 0 aliphatic carbocycles. The Balaban J connectivity index is 1.79. The first kappa shape index (κ1) is 8.19. The van der Waals surface area contributed by atoms with Crippen molar-refractivity contribution >= 4 is 22.9 Å². The third-order valence-electron chi connectivity index (χ3n) is 2.50. The van der Waals surface area contributed by atoms with Gasteiger partial charge in [0.25, 0.3) is 0 Å². The summed E-state index contributed by atoms with van der Waals surface area (Å²) in [6.45, 7) is 3.88. The minimum absolute atomic E-state index is 0.557. The summed E-state index contributed by atoms with van der Waals surface area (Å²) in [5, 5.41) is 0. The fraction of sp³-hybridized carbons (Fsp3) is 1.00. The van der Waals surface area contributed by atoms with Crippen LogP contribution >= 0.6 is 22.9 Å². The molecule has 0 saturated carbocycles. The van der Waals surface area contributed by atoms with Crippen LogP contribution in [0.5, 0.6) is 0 Å². The molecule has 0 aromatic rings. The van der Waals surface area contributed by atoms with Crippen molar-refractivity contribution in [1.82, 2.24) is 8.01 Å². The van der Waals surface area contributed by atoms with Crippen LogP contribution in [0.15, 0.2) is 0 Å². The molecule has 2 aliphatic heterocycles. The van der Waals surface area contributed by atoms with Crippen LogP contribution in [-0.4, -0.2) is 46.4 Å². The smallest absolute Gasteiger partial charge is 0.114 e. The van der Waals surface area contributed by atoms with Gasteiger partial charge in [0.05, 0.1) is 0 Å². The highest BCUT2D eigenvalue weighted by atomic mass is 127. The van der Waals surface area contributed by atoms with Gasteiger partial charge in [0, 0.05) is 55.1 Å². The minimum Gasteiger partial charge on any atom is -0.295 e. The Morgan fingerprint density at radius 2 is 2.00 bits per heavy atom. The van der Waals surface area contributed by atoms with Crippen molar-refractivity contribution in [3.63, 3.8) is 0 Å². The molecule has 0 radical (unpaired) electrons. The molecule has 4 heteroatoms. The van der Waals surface area contributed by atoms with E-state index in [4.69, 9.17) is 0 Å². The standard InChI is InChI=1S/C7H12FIN2/c8-6-1-2-10(3-6)7-4-11(9)5-7/h6-7H,1-5H2. The van der Waals surface area contributed by atoms with E-state index >= 15 is 0 Å². The van der Waals surface area contributed by atoms with Crippen molar-refractivity contribution in [3.05, 3.63) is 0 Å². The zero-order chi connectivity index (χ0) is 7.84. The van der Waals surface area contributed by atoms with Crippen LogP contribution < -0.4 is 0 Å². The number of alkyl halides is 1. The molecule has 0 bridgehead atoms. The second-order valence-corrected chi connectivity index (χ2v) is 4.73. The maximum Gasteiger partial charge on any atom is 0.114 e. The number of hydrogen-bond donors (Lipinski definition) is 0. The molecule has 2 rings (SSSR count). The third-order valence-corrected chi connectivity index (χ3v) is 3.28. The Labute approximate surface area is 80.2 Å². The zero-order valence-corrected chi connectivity index (χ0v) is 8.50. The summed E-state index contributed by atoms with van der Waals surface area (Å²) in [4.78, 5) is 2.28. The van der Waals surface area contributed by atoms with Crippen LogP contribution in [0.3, 0.4) is 0 Å². The van der Waals surface area contributed by atoms with Gasteiger partial charge < -0.3 is 0 Å². The quantitative estimate of drug-likeness (QED) is 0.519. The topological polar surface area (TPSA) is 6.48 Å². The van der Waals surface area contributed by atoms with Crippen LogP contribution in [0.4, 0.5) is 4.39 Å². The van der Waals surface area contributed by atoms with Crippen LogP contribution in [-0.2, 0) is 0 Å². The molecule has 2 heterocycles. The Kier molecular flexibility index (Phi) is 2.34. The minimum atomic E-state index is -0.557. The van der Waals surface area contributed by atoms with Gasteiger partial charge in [0.1, 0.15) is 6.17 Å². The lowest BCUT2D eigenvalue weighted by atomic mass is 10.1. The largest absolute Gasteiger partial charge is 0.295 e.